The van der Waals surface area contributed by atoms with Gasteiger partial charge in [-0.3, -0.25) is 4.90 Å². The minimum atomic E-state index is -0.294. The summed E-state index contributed by atoms with van der Waals surface area (Å²) in [5, 5.41) is 90.3. The second-order valence-electron chi connectivity index (χ2n) is 26.8. The van der Waals surface area contributed by atoms with Gasteiger partial charge < -0.3 is 0 Å². The van der Waals surface area contributed by atoms with Crippen molar-refractivity contribution in [1.82, 2.24) is 4.90 Å². The third-order valence-electron chi connectivity index (χ3n) is 26.4. The highest BCUT2D eigenvalue weighted by Crippen LogP contribution is 2.86. The number of likely N-dealkylation sites (tertiary alicyclic amines) is 1. The molecular formula is C72H14N. The summed E-state index contributed by atoms with van der Waals surface area (Å²) in [7, 11) is 2.56. The monoisotopic (exact) mass is 892 g/mol. The lowest BCUT2D eigenvalue weighted by atomic mass is 9.48. The Bertz CT molecular complexity index is 7150. The van der Waals surface area contributed by atoms with Crippen molar-refractivity contribution in [1.29, 1.82) is 0 Å². The van der Waals surface area contributed by atoms with Gasteiger partial charge in [0, 0.05) is 18.5 Å². The van der Waals surface area contributed by atoms with Crippen LogP contribution in [0.5, 0.6) is 0 Å². The molecule has 5 aliphatic carbocycles. The Morgan fingerprint density at radius 2 is 0.521 bits per heavy atom. The molecule has 1 atom stereocenters. The Hall–Kier alpha value is -8.10. The van der Waals surface area contributed by atoms with E-state index in [0.717, 1.165) is 6.54 Å². The zero-order valence-corrected chi connectivity index (χ0v) is 37.9. The van der Waals surface area contributed by atoms with E-state index in [-0.39, 0.29) is 16.9 Å². The number of hydrogen-bond donors (Lipinski definition) is 0. The average molecular weight is 893 g/mol. The summed E-state index contributed by atoms with van der Waals surface area (Å²) in [4.78, 5) is 2.91. The molecule has 1 unspecified atom stereocenters. The van der Waals surface area contributed by atoms with E-state index in [0.29, 0.717) is 0 Å². The maximum absolute atomic E-state index is 2.91. The third kappa shape index (κ3) is 1.58. The van der Waals surface area contributed by atoms with Gasteiger partial charge in [0.05, 0.1) is 10.8 Å². The largest absolute Gasteiger partial charge is 0.297 e. The molecule has 1 saturated heterocycles. The highest BCUT2D eigenvalue weighted by atomic mass is 15.2. The van der Waals surface area contributed by atoms with Crippen LogP contribution >= 0.6 is 0 Å². The summed E-state index contributed by atoms with van der Waals surface area (Å²) >= 11 is 0. The van der Waals surface area contributed by atoms with Gasteiger partial charge >= 0.3 is 0 Å². The van der Waals surface area contributed by atoms with Gasteiger partial charge in [-0.15, -0.1) is 0 Å². The summed E-state index contributed by atoms with van der Waals surface area (Å²) in [6.07, 6.45) is 18.8. The highest BCUT2D eigenvalue weighted by molar-refractivity contribution is 6.82. The maximum Gasteiger partial charge on any atom is 0.0569 e. The first-order valence-electron chi connectivity index (χ1n) is 27.4. The third-order valence-corrected chi connectivity index (χ3v) is 26.4. The molecule has 0 amide bonds. The molecule has 6 aliphatic rings. The van der Waals surface area contributed by atoms with Gasteiger partial charge in [0.25, 0.3) is 0 Å². The lowest BCUT2D eigenvalue weighted by molar-refractivity contribution is 0.319. The first-order valence-corrected chi connectivity index (χ1v) is 27.4. The Labute approximate surface area is 402 Å². The van der Waals surface area contributed by atoms with Crippen LogP contribution in [0.15, 0.2) is 24.3 Å². The standard InChI is InChI=1S/C72H14N/c1-73-10-71-67-59-51-41-31-23-15-13-14-17-21-19(15)27-35-29(21)39-33-25(17)26-18(14)22-20-16(13)24(23)32-38-28(20)36-30(22)40-34(26)44-43(33)55-49(39)57-47(35)53(45(51)37(27)31)61(67)63(57)69-65(55)66-56(44)50(40)58-48(36)54-46(38)52(42(32)41)60(59)68(71)62(54)64(58)70(66)72(69,71)12(73)9-5-4-8-11-6-2-3-7-11/h2-9,12H,10H2,1H3/b8-4+,9-5+. The molecule has 5 radical (unpaired) electrons. The maximum atomic E-state index is 2.91. The molecule has 34 rings (SSSR count). The number of nitrogens with zero attached hydrogens (tertiary/aromatic N) is 1. The van der Waals surface area contributed by atoms with Gasteiger partial charge in [-0.25, -0.2) is 0 Å². The normalized spacial score (nSPS) is 25.1. The molecular weight excluding hydrogens is 879 g/mol. The van der Waals surface area contributed by atoms with E-state index in [1.807, 2.05) is 0 Å². The van der Waals surface area contributed by atoms with Crippen molar-refractivity contribution < 1.29 is 0 Å². The molecule has 0 aromatic heterocycles. The quantitative estimate of drug-likeness (QED) is 0.126. The van der Waals surface area contributed by atoms with Crippen molar-refractivity contribution in [3.8, 4) is 0 Å². The van der Waals surface area contributed by atoms with Gasteiger partial charge in [0.1, 0.15) is 0 Å². The lowest BCUT2D eigenvalue weighted by Crippen LogP contribution is -2.54. The fraction of sp³-hybridized carbons (Fsp3) is 0.0694. The first kappa shape index (κ1) is 28.2. The highest BCUT2D eigenvalue weighted by Gasteiger charge is 2.75. The van der Waals surface area contributed by atoms with Gasteiger partial charge in [-0.2, -0.15) is 0 Å². The Morgan fingerprint density at radius 3 is 0.767 bits per heavy atom. The van der Waals surface area contributed by atoms with E-state index in [4.69, 9.17) is 0 Å². The Morgan fingerprint density at radius 1 is 0.301 bits per heavy atom. The number of benzene rings is 18. The molecule has 1 nitrogen and oxygen atoms in total. The molecule has 1 heterocycles. The van der Waals surface area contributed by atoms with E-state index in [2.05, 4.69) is 61.9 Å². The molecule has 1 saturated carbocycles. The van der Waals surface area contributed by atoms with Crippen LogP contribution in [-0.4, -0.2) is 24.5 Å². The van der Waals surface area contributed by atoms with Crippen molar-refractivity contribution >= 4 is 291 Å². The van der Waals surface area contributed by atoms with Crippen molar-refractivity contribution in [2.75, 3.05) is 13.6 Å². The lowest BCUT2D eigenvalue weighted by Gasteiger charge is -2.51. The van der Waals surface area contributed by atoms with E-state index in [9.17, 15) is 0 Å². The van der Waals surface area contributed by atoms with Gasteiger partial charge in [0.2, 0.25) is 0 Å². The van der Waals surface area contributed by atoms with Crippen LogP contribution in [0, 0.1) is 31.6 Å². The second kappa shape index (κ2) is 6.59. The van der Waals surface area contributed by atoms with Gasteiger partial charge in [-0.05, 0) is 346 Å². The summed E-state index contributed by atoms with van der Waals surface area (Å²) < 4.78 is 0. The van der Waals surface area contributed by atoms with Crippen molar-refractivity contribution in [3.05, 3.63) is 78.2 Å². The molecule has 0 N–H and O–H groups in total. The molecule has 2 fully saturated rings. The van der Waals surface area contributed by atoms with Crippen LogP contribution in [-0.2, 0) is 10.8 Å². The van der Waals surface area contributed by atoms with Gasteiger partial charge in [-0.1, -0.05) is 24.3 Å². The zero-order valence-electron chi connectivity index (χ0n) is 37.9. The SMILES string of the molecule is CN1CC23c4c5c6c7c8c9c(c%10c%11c2c2c4c4c%12c5c5c6c6c8c8c%13c9c9c%10c%10c%11c%11c2c2c4c4c%12c%12c5c5c6c8c6c8c%13c9c9c%10c%10c%11c2c2c4c4c%12c5c6c5c8c9c%10c2c45)C73C1/C=C/C=C/[C]1[CH][CH][CH][CH]1. The predicted molar refractivity (Wildman–Crippen MR) is 309 cm³/mol. The van der Waals surface area contributed by atoms with Crippen LogP contribution in [0.1, 0.15) is 22.3 Å². The fourth-order valence-corrected chi connectivity index (χ4v) is 26.2. The summed E-state index contributed by atoms with van der Waals surface area (Å²) in [6, 6.07) is 0.174. The van der Waals surface area contributed by atoms with Crippen molar-refractivity contribution in [2.45, 2.75) is 16.9 Å². The Kier molecular flexibility index (Phi) is 2.55. The Balaban J connectivity index is 1.09. The fourth-order valence-electron chi connectivity index (χ4n) is 26.2. The summed E-state index contributed by atoms with van der Waals surface area (Å²) in [6.45, 7) is 1.05. The van der Waals surface area contributed by atoms with E-state index < -0.39 is 0 Å². The molecule has 2 spiro atoms. The molecule has 1 heteroatoms. The van der Waals surface area contributed by atoms with E-state index >= 15 is 0 Å². The number of rotatable bonds is 3. The van der Waals surface area contributed by atoms with Gasteiger partial charge in [0.15, 0.2) is 0 Å². The van der Waals surface area contributed by atoms with Crippen LogP contribution < -0.4 is 0 Å². The molecule has 73 heavy (non-hydrogen) atoms. The molecule has 0 bridgehead atoms. The van der Waals surface area contributed by atoms with Crippen LogP contribution in [0.3, 0.4) is 0 Å². The summed E-state index contributed by atoms with van der Waals surface area (Å²) in [5.41, 5.74) is 6.55. The van der Waals surface area contributed by atoms with E-state index in [1.165, 1.54) is 5.92 Å². The molecule has 307 valence electrons. The van der Waals surface area contributed by atoms with E-state index in [1.54, 1.807) is 313 Å². The second-order valence-corrected chi connectivity index (χ2v) is 26.8. The summed E-state index contributed by atoms with van der Waals surface area (Å²) in [5.74, 6) is 1.29. The average Bonchev–Trinajstić information content (AvgIpc) is 4.32. The van der Waals surface area contributed by atoms with Crippen LogP contribution in [0.2, 0.25) is 0 Å². The molecule has 28 aromatic carbocycles. The first-order chi connectivity index (χ1) is 36.3. The van der Waals surface area contributed by atoms with Crippen molar-refractivity contribution in [2.24, 2.45) is 0 Å². The zero-order chi connectivity index (χ0) is 43.6. The minimum Gasteiger partial charge on any atom is -0.297 e. The smallest absolute Gasteiger partial charge is 0.0569 e. The van der Waals surface area contributed by atoms with Crippen LogP contribution in [0.25, 0.3) is 291 Å². The topological polar surface area (TPSA) is 3.24 Å². The number of allylic oxidation sites excluding steroid dienone is 3. The predicted octanol–water partition coefficient (Wildman–Crippen LogP) is 18.1. The molecule has 1 aliphatic heterocycles. The molecule has 28 aromatic rings. The minimum absolute atomic E-state index is 0.174. The number of likely N-dealkylation sites (N-methyl/N-ethyl adjacent to an activating group) is 1. The number of hydrogen-bond acceptors (Lipinski definition) is 1. The van der Waals surface area contributed by atoms with Crippen molar-refractivity contribution in [3.63, 3.8) is 0 Å². The van der Waals surface area contributed by atoms with Crippen LogP contribution in [0.4, 0.5) is 0 Å².